The molecule has 12 N–H and O–H groups in total. The Kier molecular flexibility index (Phi) is 26.1. The van der Waals surface area contributed by atoms with Crippen LogP contribution in [0.5, 0.6) is 0 Å². The first-order valence-electron chi connectivity index (χ1n) is 24.5. The molecular formula is C51H78N10O12. The van der Waals surface area contributed by atoms with Crippen LogP contribution in [0.2, 0.25) is 0 Å². The summed E-state index contributed by atoms with van der Waals surface area (Å²) in [5.41, 5.74) is 11.7. The van der Waals surface area contributed by atoms with Gasteiger partial charge in [0.15, 0.2) is 5.96 Å². The van der Waals surface area contributed by atoms with Crippen molar-refractivity contribution in [2.24, 2.45) is 46.0 Å². The average Bonchev–Trinajstić information content (AvgIpc) is 3.32. The maximum absolute atomic E-state index is 14.4. The molecule has 0 saturated carbocycles. The predicted octanol–water partition coefficient (Wildman–Crippen LogP) is 1.25. The maximum atomic E-state index is 14.4. The summed E-state index contributed by atoms with van der Waals surface area (Å²) >= 11 is 0. The molecule has 10 atom stereocenters. The highest BCUT2D eigenvalue weighted by molar-refractivity contribution is 6.00. The molecule has 0 aliphatic carbocycles. The fourth-order valence-electron chi connectivity index (χ4n) is 7.75. The van der Waals surface area contributed by atoms with Gasteiger partial charge in [-0.3, -0.25) is 38.6 Å². The molecule has 1 aromatic rings. The Labute approximate surface area is 428 Å². The summed E-state index contributed by atoms with van der Waals surface area (Å²) in [6.07, 6.45) is 6.21. The minimum Gasteiger partial charge on any atom is -0.480 e. The highest BCUT2D eigenvalue weighted by Gasteiger charge is 2.38. The zero-order valence-corrected chi connectivity index (χ0v) is 43.5. The number of carboxylic acids is 2. The lowest BCUT2D eigenvalue weighted by Crippen LogP contribution is -2.59. The molecule has 0 spiro atoms. The number of nitrogens with zero attached hydrogens (tertiary/aromatic N) is 2. The largest absolute Gasteiger partial charge is 0.480 e. The number of carbonyl (C=O) groups is 9. The highest BCUT2D eigenvalue weighted by atomic mass is 16.5. The third-order valence-electron chi connectivity index (χ3n) is 12.3. The van der Waals surface area contributed by atoms with Crippen molar-refractivity contribution >= 4 is 59.2 Å². The Hall–Kier alpha value is -7.10. The molecule has 1 heterocycles. The standard InChI is InChI=1S/C51H78N10O12/c1-28(2)25-38-47(67)59-39(26-29(3)4)48(68)60-42(50(71)72)32(7)44(64)56-36(21-16-24-54-51(52)53)46(66)55-35(20-15-14-17-30(5)40(73-10)27-34-18-12-11-13-19-34)31(6)43(63)57-37(49(69)70)22-23-41(62)61(9)33(8)45(65)58-38/h11-15,17-20,28-32,35-40,42H,8,16,21-27H2,1-7,9-10H3,(H,55,66)(H,56,64)(H,57,63)(H,58,65)(H,59,67)(H,60,68)(H,69,70)(H,71,72)(H4,52,53,54)/b17-14+,20-15+/t30-,31-,32-,35?,36-,37+,38?,39?,40-,42+/m0/s1. The number of ether oxygens (including phenoxy) is 1. The van der Waals surface area contributed by atoms with Gasteiger partial charge in [0.2, 0.25) is 35.4 Å². The number of hydrogen-bond acceptors (Lipinski definition) is 11. The normalized spacial score (nSPS) is 24.9. The number of allylic oxidation sites excluding steroid dienone is 2. The van der Waals surface area contributed by atoms with E-state index in [1.54, 1.807) is 47.0 Å². The van der Waals surface area contributed by atoms with Gasteiger partial charge in [-0.2, -0.15) is 0 Å². The molecule has 1 aliphatic heterocycles. The van der Waals surface area contributed by atoms with Crippen LogP contribution in [-0.2, 0) is 54.3 Å². The summed E-state index contributed by atoms with van der Waals surface area (Å²) in [6, 6.07) is 1.01. The minimum atomic E-state index is -1.89. The van der Waals surface area contributed by atoms with Gasteiger partial charge in [0.05, 0.1) is 24.0 Å². The fourth-order valence-corrected chi connectivity index (χ4v) is 7.75. The van der Waals surface area contributed by atoms with Crippen LogP contribution < -0.4 is 43.4 Å². The molecule has 22 heteroatoms. The van der Waals surface area contributed by atoms with Gasteiger partial charge in [-0.05, 0) is 55.9 Å². The molecule has 7 amide bonds. The Morgan fingerprint density at radius 2 is 1.34 bits per heavy atom. The predicted molar refractivity (Wildman–Crippen MR) is 274 cm³/mol. The van der Waals surface area contributed by atoms with E-state index in [2.05, 4.69) is 43.5 Å². The molecule has 22 nitrogen and oxygen atoms in total. The van der Waals surface area contributed by atoms with Gasteiger partial charge in [0, 0.05) is 33.0 Å². The van der Waals surface area contributed by atoms with Crippen molar-refractivity contribution in [3.8, 4) is 0 Å². The summed E-state index contributed by atoms with van der Waals surface area (Å²) in [5, 5.41) is 35.9. The number of aliphatic imine (C=N–C) groups is 1. The summed E-state index contributed by atoms with van der Waals surface area (Å²) in [5.74, 6) is -12.7. The van der Waals surface area contributed by atoms with E-state index in [0.29, 0.717) is 6.42 Å². The van der Waals surface area contributed by atoms with Crippen LogP contribution in [0.3, 0.4) is 0 Å². The number of nitrogens with two attached hydrogens (primary N) is 2. The van der Waals surface area contributed by atoms with Gasteiger partial charge in [-0.1, -0.05) is 110 Å². The molecule has 1 aliphatic rings. The van der Waals surface area contributed by atoms with E-state index in [0.717, 1.165) is 10.5 Å². The zero-order chi connectivity index (χ0) is 55.1. The van der Waals surface area contributed by atoms with E-state index in [-0.39, 0.29) is 62.0 Å². The number of likely N-dealkylation sites (N-methyl/N-ethyl adjacent to an activating group) is 1. The Morgan fingerprint density at radius 1 is 0.781 bits per heavy atom. The molecule has 1 fully saturated rings. The second-order valence-electron chi connectivity index (χ2n) is 19.2. The van der Waals surface area contributed by atoms with Crippen LogP contribution in [0.1, 0.15) is 92.6 Å². The molecule has 1 saturated heterocycles. The molecule has 0 bridgehead atoms. The third kappa shape index (κ3) is 21.3. The Morgan fingerprint density at radius 3 is 1.90 bits per heavy atom. The van der Waals surface area contributed by atoms with Crippen molar-refractivity contribution in [1.29, 1.82) is 0 Å². The van der Waals surface area contributed by atoms with Crippen LogP contribution in [0.25, 0.3) is 0 Å². The van der Waals surface area contributed by atoms with Crippen LogP contribution in [0.15, 0.2) is 71.9 Å². The SMILES string of the molecule is C=C1C(=O)NC(CC(C)C)C(=O)NC(CC(C)C)C(=O)N[C@@H](C(=O)O)[C@H](C)C(=O)N[C@@H](CCCN=C(N)N)C(=O)NC(/C=C/C=C/[C@H](C)[C@H](Cc2ccccc2)OC)[C@H](C)C(=O)N[C@@H](C(=O)O)CCC(=O)N1C. The van der Waals surface area contributed by atoms with Crippen molar-refractivity contribution in [1.82, 2.24) is 36.8 Å². The second-order valence-corrected chi connectivity index (χ2v) is 19.2. The quantitative estimate of drug-likeness (QED) is 0.0346. The van der Waals surface area contributed by atoms with Crippen molar-refractivity contribution in [3.05, 3.63) is 72.5 Å². The second kappa shape index (κ2) is 30.7. The Bertz CT molecular complexity index is 2180. The summed E-state index contributed by atoms with van der Waals surface area (Å²) in [6.45, 7) is 15.4. The monoisotopic (exact) mass is 1020 g/mol. The summed E-state index contributed by atoms with van der Waals surface area (Å²) in [4.78, 5) is 127. The van der Waals surface area contributed by atoms with E-state index < -0.39 is 120 Å². The maximum Gasteiger partial charge on any atom is 0.327 e. The van der Waals surface area contributed by atoms with Crippen LogP contribution in [-0.4, -0.2) is 137 Å². The first kappa shape index (κ1) is 62.0. The lowest BCUT2D eigenvalue weighted by atomic mass is 9.96. The molecular weight excluding hydrogens is 945 g/mol. The summed E-state index contributed by atoms with van der Waals surface area (Å²) in [7, 11) is 2.83. The average molecular weight is 1020 g/mol. The number of carbonyl (C=O) groups excluding carboxylic acids is 7. The molecule has 404 valence electrons. The molecule has 0 radical (unpaired) electrons. The van der Waals surface area contributed by atoms with Gasteiger partial charge in [0.1, 0.15) is 35.9 Å². The minimum absolute atomic E-state index is 0.00824. The Balaban J connectivity index is 2.74. The number of methoxy groups -OCH3 is 1. The fraction of sp³-hybridized carbons (Fsp3) is 0.569. The number of guanidine groups is 1. The number of nitrogens with one attached hydrogen (secondary N) is 6. The highest BCUT2D eigenvalue weighted by Crippen LogP contribution is 2.18. The van der Waals surface area contributed by atoms with E-state index >= 15 is 0 Å². The van der Waals surface area contributed by atoms with Crippen molar-refractivity contribution in [2.75, 3.05) is 20.7 Å². The van der Waals surface area contributed by atoms with E-state index in [9.17, 15) is 53.4 Å². The van der Waals surface area contributed by atoms with E-state index in [4.69, 9.17) is 16.2 Å². The number of hydrogen-bond donors (Lipinski definition) is 10. The number of carboxylic acid groups (broad SMARTS) is 2. The summed E-state index contributed by atoms with van der Waals surface area (Å²) < 4.78 is 5.77. The van der Waals surface area contributed by atoms with Crippen LogP contribution in [0.4, 0.5) is 0 Å². The van der Waals surface area contributed by atoms with Gasteiger partial charge >= 0.3 is 11.9 Å². The number of amides is 7. The zero-order valence-electron chi connectivity index (χ0n) is 43.5. The van der Waals surface area contributed by atoms with Gasteiger partial charge in [-0.15, -0.1) is 0 Å². The van der Waals surface area contributed by atoms with Crippen molar-refractivity contribution in [3.63, 3.8) is 0 Å². The first-order chi connectivity index (χ1) is 34.3. The number of benzene rings is 1. The molecule has 1 aromatic carbocycles. The third-order valence-corrected chi connectivity index (χ3v) is 12.3. The topological polar surface area (TPSA) is 343 Å². The lowest BCUT2D eigenvalue weighted by Gasteiger charge is -2.29. The molecule has 3 unspecified atom stereocenters. The van der Waals surface area contributed by atoms with E-state index in [1.807, 2.05) is 43.3 Å². The van der Waals surface area contributed by atoms with Gasteiger partial charge < -0.3 is 63.2 Å². The molecule has 2 rings (SSSR count). The van der Waals surface area contributed by atoms with Gasteiger partial charge in [0.25, 0.3) is 5.91 Å². The van der Waals surface area contributed by atoms with Crippen molar-refractivity contribution in [2.45, 2.75) is 136 Å². The molecule has 0 aromatic heterocycles. The smallest absolute Gasteiger partial charge is 0.327 e. The van der Waals surface area contributed by atoms with E-state index in [1.165, 1.54) is 27.0 Å². The number of aliphatic carboxylic acids is 2. The van der Waals surface area contributed by atoms with Crippen LogP contribution >= 0.6 is 0 Å². The van der Waals surface area contributed by atoms with Crippen LogP contribution in [0, 0.1) is 29.6 Å². The number of rotatable bonds is 17. The molecule has 73 heavy (non-hydrogen) atoms. The lowest BCUT2D eigenvalue weighted by molar-refractivity contribution is -0.146. The first-order valence-corrected chi connectivity index (χ1v) is 24.5. The van der Waals surface area contributed by atoms with Gasteiger partial charge in [-0.25, -0.2) is 9.59 Å². The van der Waals surface area contributed by atoms with Crippen molar-refractivity contribution < 1.29 is 58.1 Å².